The first kappa shape index (κ1) is 15.3. The third-order valence-corrected chi connectivity index (χ3v) is 3.04. The van der Waals surface area contributed by atoms with Crippen LogP contribution in [0.4, 0.5) is 11.4 Å². The van der Waals surface area contributed by atoms with Gasteiger partial charge in [-0.3, -0.25) is 10.1 Å². The van der Waals surface area contributed by atoms with Gasteiger partial charge in [-0.15, -0.1) is 0 Å². The molecular weight excluding hydrogens is 244 g/mol. The molecule has 0 aromatic heterocycles. The van der Waals surface area contributed by atoms with Crippen molar-refractivity contribution < 1.29 is 9.66 Å². The molecule has 0 saturated carbocycles. The third-order valence-electron chi connectivity index (χ3n) is 3.04. The first-order chi connectivity index (χ1) is 9.08. The van der Waals surface area contributed by atoms with Crippen LogP contribution in [0.25, 0.3) is 0 Å². The molecule has 0 bridgehead atoms. The van der Waals surface area contributed by atoms with Crippen molar-refractivity contribution in [2.45, 2.75) is 45.6 Å². The van der Waals surface area contributed by atoms with Gasteiger partial charge in [0.15, 0.2) is 0 Å². The Morgan fingerprint density at radius 3 is 2.74 bits per heavy atom. The average Bonchev–Trinajstić information content (AvgIpc) is 2.39. The number of nitrogens with one attached hydrogen (secondary N) is 1. The number of rotatable bonds is 8. The molecule has 0 heterocycles. The van der Waals surface area contributed by atoms with Crippen LogP contribution in [0.2, 0.25) is 0 Å². The molecule has 1 rings (SSSR count). The van der Waals surface area contributed by atoms with Gasteiger partial charge in [0.1, 0.15) is 11.4 Å². The molecule has 1 N–H and O–H groups in total. The monoisotopic (exact) mass is 266 g/mol. The highest BCUT2D eigenvalue weighted by Crippen LogP contribution is 2.29. The van der Waals surface area contributed by atoms with Gasteiger partial charge in [0.25, 0.3) is 5.69 Å². The maximum atomic E-state index is 11.0. The van der Waals surface area contributed by atoms with Crippen LogP contribution in [-0.4, -0.2) is 18.1 Å². The van der Waals surface area contributed by atoms with Gasteiger partial charge >= 0.3 is 0 Å². The minimum absolute atomic E-state index is 0.0571. The Morgan fingerprint density at radius 2 is 2.16 bits per heavy atom. The second-order valence-electron chi connectivity index (χ2n) is 4.68. The number of nitro groups is 1. The van der Waals surface area contributed by atoms with Gasteiger partial charge in [-0.05, 0) is 25.5 Å². The molecule has 0 aliphatic heterocycles. The van der Waals surface area contributed by atoms with Crippen LogP contribution >= 0.6 is 0 Å². The summed E-state index contributed by atoms with van der Waals surface area (Å²) in [6.45, 7) is 4.20. The lowest BCUT2D eigenvalue weighted by atomic mass is 10.1. The summed E-state index contributed by atoms with van der Waals surface area (Å²) in [5.41, 5.74) is 0.608. The maximum absolute atomic E-state index is 11.0. The number of hydrogen-bond donors (Lipinski definition) is 1. The van der Waals surface area contributed by atoms with Crippen LogP contribution in [-0.2, 0) is 0 Å². The molecule has 0 aliphatic rings. The molecule has 5 heteroatoms. The van der Waals surface area contributed by atoms with Crippen molar-refractivity contribution in [3.05, 3.63) is 28.3 Å². The highest BCUT2D eigenvalue weighted by atomic mass is 16.6. The summed E-state index contributed by atoms with van der Waals surface area (Å²) < 4.78 is 5.01. The summed E-state index contributed by atoms with van der Waals surface area (Å²) in [6.07, 6.45) is 4.51. The van der Waals surface area contributed by atoms with Gasteiger partial charge in [0, 0.05) is 6.04 Å². The largest absolute Gasteiger partial charge is 0.496 e. The number of unbranched alkanes of at least 4 members (excludes halogenated alkanes) is 2. The molecule has 0 amide bonds. The molecular formula is C14H22N2O3. The fourth-order valence-electron chi connectivity index (χ4n) is 1.95. The summed E-state index contributed by atoms with van der Waals surface area (Å²) in [5, 5.41) is 14.2. The number of anilines is 1. The second-order valence-corrected chi connectivity index (χ2v) is 4.68. The van der Waals surface area contributed by atoms with Crippen LogP contribution in [0, 0.1) is 10.1 Å². The van der Waals surface area contributed by atoms with Gasteiger partial charge in [-0.1, -0.05) is 26.2 Å². The Kier molecular flexibility index (Phi) is 6.12. The smallest absolute Gasteiger partial charge is 0.296 e. The van der Waals surface area contributed by atoms with Crippen molar-refractivity contribution in [3.63, 3.8) is 0 Å². The number of ether oxygens (including phenoxy) is 1. The standard InChI is InChI=1S/C14H22N2O3/c1-4-5-6-7-11(2)15-13-9-8-12(19-3)10-14(13)16(17)18/h8-11,15H,4-7H2,1-3H3. The lowest BCUT2D eigenvalue weighted by Crippen LogP contribution is -2.15. The SMILES string of the molecule is CCCCCC(C)Nc1ccc(OC)cc1[N+](=O)[O-]. The molecule has 1 aromatic rings. The molecule has 106 valence electrons. The predicted octanol–water partition coefficient (Wildman–Crippen LogP) is 3.98. The maximum Gasteiger partial charge on any atom is 0.296 e. The average molecular weight is 266 g/mol. The zero-order chi connectivity index (χ0) is 14.3. The highest BCUT2D eigenvalue weighted by molar-refractivity contribution is 5.64. The first-order valence-corrected chi connectivity index (χ1v) is 6.67. The van der Waals surface area contributed by atoms with E-state index in [1.165, 1.54) is 26.0 Å². The predicted molar refractivity (Wildman–Crippen MR) is 76.9 cm³/mol. The Hall–Kier alpha value is -1.78. The van der Waals surface area contributed by atoms with Crippen molar-refractivity contribution in [1.29, 1.82) is 0 Å². The minimum Gasteiger partial charge on any atom is -0.496 e. The summed E-state index contributed by atoms with van der Waals surface area (Å²) >= 11 is 0. The van der Waals surface area contributed by atoms with Crippen molar-refractivity contribution >= 4 is 11.4 Å². The van der Waals surface area contributed by atoms with E-state index in [9.17, 15) is 10.1 Å². The van der Waals surface area contributed by atoms with E-state index in [0.717, 1.165) is 12.8 Å². The van der Waals surface area contributed by atoms with Crippen molar-refractivity contribution in [3.8, 4) is 5.75 Å². The fourth-order valence-corrected chi connectivity index (χ4v) is 1.95. The molecule has 0 aliphatic carbocycles. The lowest BCUT2D eigenvalue weighted by molar-refractivity contribution is -0.384. The minimum atomic E-state index is -0.385. The Bertz CT molecular complexity index is 421. The molecule has 19 heavy (non-hydrogen) atoms. The summed E-state index contributed by atoms with van der Waals surface area (Å²) in [6, 6.07) is 5.10. The molecule has 0 saturated heterocycles. The Balaban J connectivity index is 2.74. The summed E-state index contributed by atoms with van der Waals surface area (Å²) in [5.74, 6) is 0.496. The van der Waals surface area contributed by atoms with E-state index in [1.807, 2.05) is 6.92 Å². The van der Waals surface area contributed by atoms with E-state index in [-0.39, 0.29) is 16.7 Å². The van der Waals surface area contributed by atoms with Crippen molar-refractivity contribution in [2.24, 2.45) is 0 Å². The number of hydrogen-bond acceptors (Lipinski definition) is 4. The Labute approximate surface area is 114 Å². The Morgan fingerprint density at radius 1 is 1.42 bits per heavy atom. The van der Waals surface area contributed by atoms with Crippen LogP contribution in [0.1, 0.15) is 39.5 Å². The van der Waals surface area contributed by atoms with E-state index < -0.39 is 0 Å². The van der Waals surface area contributed by atoms with Crippen LogP contribution in [0.15, 0.2) is 18.2 Å². The molecule has 0 radical (unpaired) electrons. The quantitative estimate of drug-likeness (QED) is 0.439. The molecule has 0 fully saturated rings. The molecule has 1 atom stereocenters. The van der Waals surface area contributed by atoms with Crippen molar-refractivity contribution in [2.75, 3.05) is 12.4 Å². The normalized spacial score (nSPS) is 11.9. The third kappa shape index (κ3) is 4.77. The zero-order valence-electron chi connectivity index (χ0n) is 11.8. The number of methoxy groups -OCH3 is 1. The van der Waals surface area contributed by atoms with Crippen molar-refractivity contribution in [1.82, 2.24) is 0 Å². The van der Waals surface area contributed by atoms with E-state index in [4.69, 9.17) is 4.74 Å². The molecule has 1 aromatic carbocycles. The highest BCUT2D eigenvalue weighted by Gasteiger charge is 2.16. The van der Waals surface area contributed by atoms with Crippen LogP contribution < -0.4 is 10.1 Å². The molecule has 0 spiro atoms. The van der Waals surface area contributed by atoms with E-state index in [1.54, 1.807) is 12.1 Å². The van der Waals surface area contributed by atoms with E-state index in [0.29, 0.717) is 11.4 Å². The van der Waals surface area contributed by atoms with Gasteiger partial charge in [0.2, 0.25) is 0 Å². The lowest BCUT2D eigenvalue weighted by Gasteiger charge is -2.15. The van der Waals surface area contributed by atoms with E-state index in [2.05, 4.69) is 12.2 Å². The van der Waals surface area contributed by atoms with Crippen LogP contribution in [0.5, 0.6) is 5.75 Å². The summed E-state index contributed by atoms with van der Waals surface area (Å²) in [4.78, 5) is 10.7. The van der Waals surface area contributed by atoms with Gasteiger partial charge in [-0.2, -0.15) is 0 Å². The zero-order valence-corrected chi connectivity index (χ0v) is 11.8. The fraction of sp³-hybridized carbons (Fsp3) is 0.571. The van der Waals surface area contributed by atoms with Gasteiger partial charge in [0.05, 0.1) is 18.1 Å². The molecule has 5 nitrogen and oxygen atoms in total. The second kappa shape index (κ2) is 7.61. The van der Waals surface area contributed by atoms with Crippen LogP contribution in [0.3, 0.4) is 0 Å². The molecule has 1 unspecified atom stereocenters. The summed E-state index contributed by atoms with van der Waals surface area (Å²) in [7, 11) is 1.50. The van der Waals surface area contributed by atoms with Gasteiger partial charge in [-0.25, -0.2) is 0 Å². The number of nitro benzene ring substituents is 1. The van der Waals surface area contributed by atoms with E-state index >= 15 is 0 Å². The number of benzene rings is 1. The number of nitrogens with zero attached hydrogens (tertiary/aromatic N) is 1. The topological polar surface area (TPSA) is 64.4 Å². The van der Waals surface area contributed by atoms with Gasteiger partial charge < -0.3 is 10.1 Å². The first-order valence-electron chi connectivity index (χ1n) is 6.67.